The van der Waals surface area contributed by atoms with E-state index in [0.29, 0.717) is 29.7 Å². The van der Waals surface area contributed by atoms with Crippen LogP contribution in [-0.2, 0) is 11.3 Å². The molecule has 0 saturated carbocycles. The Labute approximate surface area is 192 Å². The fourth-order valence-electron chi connectivity index (χ4n) is 3.74. The highest BCUT2D eigenvalue weighted by molar-refractivity contribution is 6.36. The van der Waals surface area contributed by atoms with E-state index in [1.807, 2.05) is 63.2 Å². The first-order valence-electron chi connectivity index (χ1n) is 10.3. The SMILES string of the molecule is CC(C)(C)OC(=O)N1CCC(Nc2nc3ccccc3n2Cc2c(Cl)cccc2Cl)C1. The molecule has 0 bridgehead atoms. The third kappa shape index (κ3) is 4.91. The normalized spacial score (nSPS) is 16.7. The molecule has 31 heavy (non-hydrogen) atoms. The van der Waals surface area contributed by atoms with Gasteiger partial charge in [0.05, 0.1) is 17.6 Å². The van der Waals surface area contributed by atoms with Crippen molar-refractivity contribution in [1.82, 2.24) is 14.5 Å². The van der Waals surface area contributed by atoms with Crippen molar-refractivity contribution in [1.29, 1.82) is 0 Å². The van der Waals surface area contributed by atoms with Crippen molar-refractivity contribution in [2.24, 2.45) is 0 Å². The van der Waals surface area contributed by atoms with E-state index in [1.165, 1.54) is 0 Å². The Hall–Kier alpha value is -2.44. The number of para-hydroxylation sites is 2. The minimum absolute atomic E-state index is 0.0739. The Balaban J connectivity index is 1.57. The molecule has 1 atom stereocenters. The van der Waals surface area contributed by atoms with Crippen LogP contribution in [0.3, 0.4) is 0 Å². The predicted molar refractivity (Wildman–Crippen MR) is 125 cm³/mol. The van der Waals surface area contributed by atoms with Crippen LogP contribution in [0.4, 0.5) is 10.7 Å². The molecule has 0 radical (unpaired) electrons. The largest absolute Gasteiger partial charge is 0.444 e. The lowest BCUT2D eigenvalue weighted by atomic mass is 10.2. The van der Waals surface area contributed by atoms with Gasteiger partial charge in [0.2, 0.25) is 5.95 Å². The highest BCUT2D eigenvalue weighted by Crippen LogP contribution is 2.29. The summed E-state index contributed by atoms with van der Waals surface area (Å²) < 4.78 is 7.59. The summed E-state index contributed by atoms with van der Waals surface area (Å²) in [5.41, 5.74) is 2.21. The van der Waals surface area contributed by atoms with Crippen LogP contribution in [0.15, 0.2) is 42.5 Å². The molecule has 1 N–H and O–H groups in total. The molecule has 1 aliphatic heterocycles. The zero-order valence-corrected chi connectivity index (χ0v) is 19.4. The molecule has 0 aliphatic carbocycles. The predicted octanol–water partition coefficient (Wildman–Crippen LogP) is 5.81. The topological polar surface area (TPSA) is 59.4 Å². The Bertz CT molecular complexity index is 1090. The highest BCUT2D eigenvalue weighted by atomic mass is 35.5. The molecule has 4 rings (SSSR count). The van der Waals surface area contributed by atoms with Crippen LogP contribution in [0.2, 0.25) is 10.0 Å². The Morgan fingerprint density at radius 1 is 1.16 bits per heavy atom. The van der Waals surface area contributed by atoms with E-state index >= 15 is 0 Å². The van der Waals surface area contributed by atoms with E-state index in [-0.39, 0.29) is 12.1 Å². The number of halogens is 2. The molecular weight excluding hydrogens is 435 g/mol. The van der Waals surface area contributed by atoms with E-state index in [4.69, 9.17) is 32.9 Å². The summed E-state index contributed by atoms with van der Waals surface area (Å²) in [4.78, 5) is 18.9. The molecule has 8 heteroatoms. The summed E-state index contributed by atoms with van der Waals surface area (Å²) in [7, 11) is 0. The Morgan fingerprint density at radius 2 is 1.87 bits per heavy atom. The number of nitrogens with zero attached hydrogens (tertiary/aromatic N) is 3. The molecule has 1 aliphatic rings. The van der Waals surface area contributed by atoms with Gasteiger partial charge in [-0.1, -0.05) is 41.4 Å². The second-order valence-corrected chi connectivity index (χ2v) is 9.58. The number of benzene rings is 2. The summed E-state index contributed by atoms with van der Waals surface area (Å²) in [5, 5.41) is 4.76. The molecule has 1 unspecified atom stereocenters. The minimum Gasteiger partial charge on any atom is -0.444 e. The molecule has 6 nitrogen and oxygen atoms in total. The number of hydrogen-bond acceptors (Lipinski definition) is 4. The van der Waals surface area contributed by atoms with Crippen molar-refractivity contribution >= 4 is 46.3 Å². The van der Waals surface area contributed by atoms with Gasteiger partial charge in [-0.05, 0) is 51.5 Å². The Kier molecular flexibility index (Phi) is 6.04. The van der Waals surface area contributed by atoms with E-state index in [1.54, 1.807) is 4.90 Å². The molecule has 2 aromatic carbocycles. The molecule has 1 aromatic heterocycles. The van der Waals surface area contributed by atoms with E-state index < -0.39 is 5.60 Å². The van der Waals surface area contributed by atoms with E-state index in [2.05, 4.69) is 9.88 Å². The van der Waals surface area contributed by atoms with Crippen molar-refractivity contribution in [2.45, 2.75) is 45.4 Å². The van der Waals surface area contributed by atoms with Gasteiger partial charge in [-0.15, -0.1) is 0 Å². The van der Waals surface area contributed by atoms with Crippen LogP contribution in [0.25, 0.3) is 11.0 Å². The maximum atomic E-state index is 12.4. The van der Waals surface area contributed by atoms with E-state index in [9.17, 15) is 4.79 Å². The number of amides is 1. The monoisotopic (exact) mass is 460 g/mol. The molecular formula is C23H26Cl2N4O2. The third-order valence-electron chi connectivity index (χ3n) is 5.21. The standard InChI is InChI=1S/C23H26Cl2N4O2/c1-23(2,3)31-22(30)28-12-11-15(13-28)26-21-27-19-9-4-5-10-20(19)29(21)14-16-17(24)7-6-8-18(16)25/h4-10,15H,11-14H2,1-3H3,(H,26,27). The van der Waals surface area contributed by atoms with Gasteiger partial charge >= 0.3 is 6.09 Å². The highest BCUT2D eigenvalue weighted by Gasteiger charge is 2.30. The quantitative estimate of drug-likeness (QED) is 0.533. The number of imidazole rings is 1. The second kappa shape index (κ2) is 8.60. The summed E-state index contributed by atoms with van der Waals surface area (Å²) in [6.45, 7) is 7.31. The molecule has 1 fully saturated rings. The average Bonchev–Trinajstić information content (AvgIpc) is 3.29. The molecule has 164 valence electrons. The minimum atomic E-state index is -0.509. The second-order valence-electron chi connectivity index (χ2n) is 8.77. The van der Waals surface area contributed by atoms with Crippen molar-refractivity contribution in [3.8, 4) is 0 Å². The van der Waals surface area contributed by atoms with Gasteiger partial charge in [0.25, 0.3) is 0 Å². The van der Waals surface area contributed by atoms with Crippen LogP contribution in [0.5, 0.6) is 0 Å². The third-order valence-corrected chi connectivity index (χ3v) is 5.91. The average molecular weight is 461 g/mol. The number of ether oxygens (including phenoxy) is 1. The van der Waals surface area contributed by atoms with Gasteiger partial charge in [0.15, 0.2) is 0 Å². The maximum Gasteiger partial charge on any atom is 0.410 e. The number of aromatic nitrogens is 2. The van der Waals surface area contributed by atoms with Gasteiger partial charge < -0.3 is 19.5 Å². The van der Waals surface area contributed by atoms with Gasteiger partial charge in [-0.3, -0.25) is 0 Å². The number of carbonyl (C=O) groups is 1. The summed E-state index contributed by atoms with van der Waals surface area (Å²) >= 11 is 12.9. The van der Waals surface area contributed by atoms with Crippen LogP contribution in [0.1, 0.15) is 32.8 Å². The van der Waals surface area contributed by atoms with Crippen molar-refractivity contribution < 1.29 is 9.53 Å². The van der Waals surface area contributed by atoms with Crippen molar-refractivity contribution in [2.75, 3.05) is 18.4 Å². The number of carbonyl (C=O) groups excluding carboxylic acids is 1. The van der Waals surface area contributed by atoms with Crippen LogP contribution in [0, 0.1) is 0 Å². The van der Waals surface area contributed by atoms with Crippen LogP contribution >= 0.6 is 23.2 Å². The maximum absolute atomic E-state index is 12.4. The van der Waals surface area contributed by atoms with Gasteiger partial charge in [-0.25, -0.2) is 9.78 Å². The molecule has 1 amide bonds. The van der Waals surface area contributed by atoms with Crippen LogP contribution < -0.4 is 5.32 Å². The zero-order chi connectivity index (χ0) is 22.2. The van der Waals surface area contributed by atoms with Crippen LogP contribution in [-0.4, -0.2) is 45.3 Å². The van der Waals surface area contributed by atoms with Gasteiger partial charge in [-0.2, -0.15) is 0 Å². The first kappa shape index (κ1) is 21.8. The number of nitrogens with one attached hydrogen (secondary N) is 1. The molecule has 0 spiro atoms. The molecule has 3 aromatic rings. The van der Waals surface area contributed by atoms with E-state index in [0.717, 1.165) is 29.0 Å². The number of anilines is 1. The zero-order valence-electron chi connectivity index (χ0n) is 17.9. The molecule has 1 saturated heterocycles. The molecule has 2 heterocycles. The van der Waals surface area contributed by atoms with Gasteiger partial charge in [0, 0.05) is 34.7 Å². The lowest BCUT2D eigenvalue weighted by Crippen LogP contribution is -2.36. The summed E-state index contributed by atoms with van der Waals surface area (Å²) in [6, 6.07) is 13.5. The smallest absolute Gasteiger partial charge is 0.410 e. The first-order chi connectivity index (χ1) is 14.7. The number of likely N-dealkylation sites (tertiary alicyclic amines) is 1. The first-order valence-corrected chi connectivity index (χ1v) is 11.1. The Morgan fingerprint density at radius 3 is 2.58 bits per heavy atom. The van der Waals surface area contributed by atoms with Crippen molar-refractivity contribution in [3.63, 3.8) is 0 Å². The summed E-state index contributed by atoms with van der Waals surface area (Å²) in [6.07, 6.45) is 0.531. The fraction of sp³-hybridized carbons (Fsp3) is 0.391. The van der Waals surface area contributed by atoms with Gasteiger partial charge in [0.1, 0.15) is 5.60 Å². The lowest BCUT2D eigenvalue weighted by molar-refractivity contribution is 0.0293. The fourth-order valence-corrected chi connectivity index (χ4v) is 4.26. The number of fused-ring (bicyclic) bond motifs is 1. The lowest BCUT2D eigenvalue weighted by Gasteiger charge is -2.24. The van der Waals surface area contributed by atoms with Crippen molar-refractivity contribution in [3.05, 3.63) is 58.1 Å². The number of rotatable bonds is 4. The summed E-state index contributed by atoms with van der Waals surface area (Å²) in [5.74, 6) is 0.730. The number of hydrogen-bond donors (Lipinski definition) is 1.